The topological polar surface area (TPSA) is 64.6 Å². The lowest BCUT2D eigenvalue weighted by Gasteiger charge is -2.50. The molecular weight excluding hydrogens is 361 g/mol. The zero-order chi connectivity index (χ0) is 19.4. The number of pyridine rings is 2. The van der Waals surface area contributed by atoms with Gasteiger partial charge in [-0.25, -0.2) is 4.98 Å². The lowest BCUT2D eigenvalue weighted by Crippen LogP contribution is -2.58. The molecule has 7 heteroatoms. The van der Waals surface area contributed by atoms with Crippen molar-refractivity contribution in [2.45, 2.75) is 32.0 Å². The van der Waals surface area contributed by atoms with E-state index in [1.165, 1.54) is 12.3 Å². The number of piperidine rings is 1. The maximum absolute atomic E-state index is 13.4. The van der Waals surface area contributed by atoms with Crippen molar-refractivity contribution in [3.05, 3.63) is 59.9 Å². The molecule has 6 nitrogen and oxygen atoms in total. The first-order valence-corrected chi connectivity index (χ1v) is 9.65. The molecule has 1 amide bonds. The van der Waals surface area contributed by atoms with Crippen molar-refractivity contribution in [1.82, 2.24) is 14.9 Å². The maximum atomic E-state index is 13.4. The Labute approximate surface area is 163 Å². The van der Waals surface area contributed by atoms with Crippen molar-refractivity contribution in [2.24, 2.45) is 5.41 Å². The zero-order valence-electron chi connectivity index (χ0n) is 15.7. The van der Waals surface area contributed by atoms with Crippen LogP contribution in [0.4, 0.5) is 4.39 Å². The van der Waals surface area contributed by atoms with Crippen LogP contribution in [0.5, 0.6) is 0 Å². The van der Waals surface area contributed by atoms with Gasteiger partial charge in [-0.15, -0.1) is 0 Å². The lowest BCUT2D eigenvalue weighted by atomic mass is 9.73. The Bertz CT molecular complexity index is 820. The summed E-state index contributed by atoms with van der Waals surface area (Å²) in [6.45, 7) is 2.92. The van der Waals surface area contributed by atoms with Gasteiger partial charge in [0, 0.05) is 55.3 Å². The zero-order valence-corrected chi connectivity index (χ0v) is 15.7. The van der Waals surface area contributed by atoms with E-state index in [2.05, 4.69) is 9.97 Å². The Morgan fingerprint density at radius 2 is 2.18 bits per heavy atom. The summed E-state index contributed by atoms with van der Waals surface area (Å²) < 4.78 is 25.5. The molecule has 2 saturated heterocycles. The molecule has 4 heterocycles. The third-order valence-electron chi connectivity index (χ3n) is 5.66. The van der Waals surface area contributed by atoms with Crippen molar-refractivity contribution in [1.29, 1.82) is 0 Å². The molecule has 0 N–H and O–H groups in total. The Kier molecular flexibility index (Phi) is 5.64. The summed E-state index contributed by atoms with van der Waals surface area (Å²) in [5.74, 6) is -0.809. The van der Waals surface area contributed by atoms with Crippen molar-refractivity contribution < 1.29 is 18.7 Å². The first-order chi connectivity index (χ1) is 13.7. The number of carbonyl (C=O) groups is 1. The number of nitrogens with zero attached hydrogens (tertiary/aromatic N) is 3. The quantitative estimate of drug-likeness (QED) is 0.741. The number of rotatable bonds is 5. The Hall–Kier alpha value is -2.38. The van der Waals surface area contributed by atoms with Crippen LogP contribution in [-0.4, -0.2) is 53.2 Å². The molecule has 28 heavy (non-hydrogen) atoms. The molecule has 2 atom stereocenters. The van der Waals surface area contributed by atoms with Crippen LogP contribution in [0.2, 0.25) is 0 Å². The van der Waals surface area contributed by atoms with Gasteiger partial charge in [0.1, 0.15) is 0 Å². The highest BCUT2D eigenvalue weighted by Crippen LogP contribution is 2.41. The number of fused-ring (bicyclic) bond motifs is 1. The number of ether oxygens (including phenoxy) is 2. The van der Waals surface area contributed by atoms with Crippen LogP contribution in [-0.2, 0) is 16.1 Å². The number of amides is 1. The van der Waals surface area contributed by atoms with Gasteiger partial charge in [-0.3, -0.25) is 9.78 Å². The van der Waals surface area contributed by atoms with E-state index in [9.17, 15) is 9.18 Å². The molecule has 148 valence electrons. The monoisotopic (exact) mass is 385 g/mol. The number of hydrogen-bond donors (Lipinski definition) is 0. The molecule has 2 fully saturated rings. The van der Waals surface area contributed by atoms with E-state index in [0.717, 1.165) is 31.4 Å². The van der Waals surface area contributed by atoms with Gasteiger partial charge in [-0.2, -0.15) is 4.39 Å². The number of hydrogen-bond acceptors (Lipinski definition) is 5. The molecule has 2 aliphatic heterocycles. The summed E-state index contributed by atoms with van der Waals surface area (Å²) in [5.41, 5.74) is 1.16. The Morgan fingerprint density at radius 1 is 1.32 bits per heavy atom. The van der Waals surface area contributed by atoms with E-state index in [0.29, 0.717) is 31.9 Å². The molecule has 0 saturated carbocycles. The second kappa shape index (κ2) is 8.32. The van der Waals surface area contributed by atoms with Crippen molar-refractivity contribution in [2.75, 3.05) is 26.3 Å². The Balaban J connectivity index is 1.47. The summed E-state index contributed by atoms with van der Waals surface area (Å²) in [6, 6.07) is 6.61. The SMILES string of the molecule is O=C(c1ccnc(F)c1)N1CCC2OCCCC2(COCc2ccncc2)C1. The normalized spacial score (nSPS) is 24.6. The maximum Gasteiger partial charge on any atom is 0.254 e. The van der Waals surface area contributed by atoms with Crippen LogP contribution in [0.3, 0.4) is 0 Å². The number of halogens is 1. The van der Waals surface area contributed by atoms with E-state index in [1.54, 1.807) is 23.4 Å². The van der Waals surface area contributed by atoms with Crippen LogP contribution in [0, 0.1) is 11.4 Å². The van der Waals surface area contributed by atoms with Crippen molar-refractivity contribution >= 4 is 5.91 Å². The minimum Gasteiger partial charge on any atom is -0.377 e. The predicted octanol–water partition coefficient (Wildman–Crippen LogP) is 2.84. The molecule has 2 aliphatic rings. The van der Waals surface area contributed by atoms with Gasteiger partial charge >= 0.3 is 0 Å². The molecule has 2 aromatic heterocycles. The fourth-order valence-corrected chi connectivity index (χ4v) is 4.24. The first kappa shape index (κ1) is 19.0. The van der Waals surface area contributed by atoms with Crippen LogP contribution < -0.4 is 0 Å². The lowest BCUT2D eigenvalue weighted by molar-refractivity contribution is -0.148. The summed E-state index contributed by atoms with van der Waals surface area (Å²) in [6.07, 6.45) is 7.56. The van der Waals surface area contributed by atoms with E-state index in [-0.39, 0.29) is 17.4 Å². The number of likely N-dealkylation sites (tertiary alicyclic amines) is 1. The minimum atomic E-state index is -0.642. The molecule has 0 radical (unpaired) electrons. The average Bonchev–Trinajstić information content (AvgIpc) is 2.73. The highest BCUT2D eigenvalue weighted by atomic mass is 19.1. The number of carbonyl (C=O) groups excluding carboxylic acids is 1. The second-order valence-corrected chi connectivity index (χ2v) is 7.56. The standard InChI is InChI=1S/C21H24FN3O3/c22-19-12-17(4-9-24-19)20(26)25-10-5-18-21(14-25,6-1-11-28-18)15-27-13-16-2-7-23-8-3-16/h2-4,7-9,12,18H,1,5-6,10-11,13-15H2. The van der Waals surface area contributed by atoms with Crippen LogP contribution in [0.15, 0.2) is 42.9 Å². The summed E-state index contributed by atoms with van der Waals surface area (Å²) in [7, 11) is 0. The van der Waals surface area contributed by atoms with Crippen molar-refractivity contribution in [3.63, 3.8) is 0 Å². The van der Waals surface area contributed by atoms with Gasteiger partial charge in [0.05, 0.1) is 19.3 Å². The summed E-state index contributed by atoms with van der Waals surface area (Å²) >= 11 is 0. The minimum absolute atomic E-state index is 0.0805. The molecule has 0 aromatic carbocycles. The predicted molar refractivity (Wildman–Crippen MR) is 100 cm³/mol. The van der Waals surface area contributed by atoms with E-state index < -0.39 is 5.95 Å². The highest BCUT2D eigenvalue weighted by molar-refractivity contribution is 5.94. The third-order valence-corrected chi connectivity index (χ3v) is 5.66. The fraction of sp³-hybridized carbons (Fsp3) is 0.476. The van der Waals surface area contributed by atoms with Gasteiger partial charge in [0.2, 0.25) is 5.95 Å². The van der Waals surface area contributed by atoms with Crippen LogP contribution >= 0.6 is 0 Å². The van der Waals surface area contributed by atoms with Gasteiger partial charge in [-0.05, 0) is 43.0 Å². The Morgan fingerprint density at radius 3 is 3.00 bits per heavy atom. The van der Waals surface area contributed by atoms with E-state index >= 15 is 0 Å². The van der Waals surface area contributed by atoms with Gasteiger partial charge in [-0.1, -0.05) is 0 Å². The third kappa shape index (κ3) is 4.05. The molecule has 0 spiro atoms. The molecule has 2 aromatic rings. The smallest absolute Gasteiger partial charge is 0.254 e. The highest BCUT2D eigenvalue weighted by Gasteiger charge is 2.47. The fourth-order valence-electron chi connectivity index (χ4n) is 4.24. The van der Waals surface area contributed by atoms with Gasteiger partial charge in [0.25, 0.3) is 5.91 Å². The average molecular weight is 385 g/mol. The molecule has 0 bridgehead atoms. The van der Waals surface area contributed by atoms with E-state index in [1.807, 2.05) is 12.1 Å². The van der Waals surface area contributed by atoms with E-state index in [4.69, 9.17) is 9.47 Å². The first-order valence-electron chi connectivity index (χ1n) is 9.65. The van der Waals surface area contributed by atoms with Crippen molar-refractivity contribution in [3.8, 4) is 0 Å². The summed E-state index contributed by atoms with van der Waals surface area (Å²) in [4.78, 5) is 22.3. The molecule has 0 aliphatic carbocycles. The number of aromatic nitrogens is 2. The van der Waals surface area contributed by atoms with Crippen LogP contribution in [0.1, 0.15) is 35.2 Å². The summed E-state index contributed by atoms with van der Waals surface area (Å²) in [5, 5.41) is 0. The van der Waals surface area contributed by atoms with Crippen LogP contribution in [0.25, 0.3) is 0 Å². The molecule has 2 unspecified atom stereocenters. The largest absolute Gasteiger partial charge is 0.377 e. The van der Waals surface area contributed by atoms with Gasteiger partial charge in [0.15, 0.2) is 0 Å². The molecule has 4 rings (SSSR count). The second-order valence-electron chi connectivity index (χ2n) is 7.56. The van der Waals surface area contributed by atoms with Gasteiger partial charge < -0.3 is 14.4 Å². The molecular formula is C21H24FN3O3.